The van der Waals surface area contributed by atoms with Gasteiger partial charge in [0.1, 0.15) is 10.7 Å². The number of hydrogen-bond donors (Lipinski definition) is 1. The van der Waals surface area contributed by atoms with Gasteiger partial charge < -0.3 is 4.52 Å². The van der Waals surface area contributed by atoms with Crippen LogP contribution in [0, 0.1) is 13.8 Å². The van der Waals surface area contributed by atoms with E-state index in [2.05, 4.69) is 25.8 Å². The maximum atomic E-state index is 12.0. The Kier molecular flexibility index (Phi) is 3.28. The molecular formula is C9H9BrN2O3S2. The molecule has 0 saturated carbocycles. The Morgan fingerprint density at radius 2 is 2.12 bits per heavy atom. The topological polar surface area (TPSA) is 72.2 Å². The summed E-state index contributed by atoms with van der Waals surface area (Å²) in [7, 11) is -3.60. The molecule has 0 spiro atoms. The lowest BCUT2D eigenvalue weighted by molar-refractivity contribution is 0.400. The maximum absolute atomic E-state index is 12.0. The molecule has 0 amide bonds. The molecule has 0 aromatic carbocycles. The molecule has 0 aliphatic rings. The molecule has 2 aromatic heterocycles. The number of nitrogens with one attached hydrogen (secondary N) is 1. The first-order valence-corrected chi connectivity index (χ1v) is 7.70. The van der Waals surface area contributed by atoms with Gasteiger partial charge in [0.25, 0.3) is 10.0 Å². The van der Waals surface area contributed by atoms with Gasteiger partial charge >= 0.3 is 0 Å². The lowest BCUT2D eigenvalue weighted by Crippen LogP contribution is -2.13. The second-order valence-corrected chi connectivity index (χ2v) is 7.69. The molecule has 92 valence electrons. The quantitative estimate of drug-likeness (QED) is 0.935. The van der Waals surface area contributed by atoms with E-state index in [1.54, 1.807) is 19.9 Å². The standard InChI is InChI=1S/C9H9BrN2O3S2/c1-5-3-9(11-15-5)12-17(13,14)7-4-8(10)16-6(7)2/h3-4H,1-2H3,(H,11,12). The predicted molar refractivity (Wildman–Crippen MR) is 68.8 cm³/mol. The van der Waals surface area contributed by atoms with E-state index in [1.807, 2.05) is 0 Å². The molecule has 0 aliphatic heterocycles. The first-order chi connectivity index (χ1) is 7.88. The second-order valence-electron chi connectivity index (χ2n) is 3.40. The van der Waals surface area contributed by atoms with Crippen molar-refractivity contribution in [1.29, 1.82) is 0 Å². The van der Waals surface area contributed by atoms with Gasteiger partial charge in [-0.1, -0.05) is 5.16 Å². The number of aromatic nitrogens is 1. The highest BCUT2D eigenvalue weighted by molar-refractivity contribution is 9.11. The first kappa shape index (κ1) is 12.6. The van der Waals surface area contributed by atoms with Crippen LogP contribution in [0.15, 0.2) is 25.3 Å². The van der Waals surface area contributed by atoms with Crippen LogP contribution in [0.5, 0.6) is 0 Å². The first-order valence-electron chi connectivity index (χ1n) is 4.60. The number of nitrogens with zero attached hydrogens (tertiary/aromatic N) is 1. The van der Waals surface area contributed by atoms with Crippen LogP contribution in [0.25, 0.3) is 0 Å². The fourth-order valence-electron chi connectivity index (χ4n) is 1.30. The highest BCUT2D eigenvalue weighted by Gasteiger charge is 2.20. The summed E-state index contributed by atoms with van der Waals surface area (Å²) in [6.45, 7) is 3.44. The third kappa shape index (κ3) is 2.70. The monoisotopic (exact) mass is 336 g/mol. The lowest BCUT2D eigenvalue weighted by Gasteiger charge is -2.03. The highest BCUT2D eigenvalue weighted by Crippen LogP contribution is 2.30. The summed E-state index contributed by atoms with van der Waals surface area (Å²) in [4.78, 5) is 0.958. The number of anilines is 1. The number of hydrogen-bond acceptors (Lipinski definition) is 5. The Balaban J connectivity index is 2.34. The zero-order valence-corrected chi connectivity index (χ0v) is 12.2. The molecule has 0 atom stereocenters. The van der Waals surface area contributed by atoms with Gasteiger partial charge in [-0.05, 0) is 35.8 Å². The van der Waals surface area contributed by atoms with E-state index in [9.17, 15) is 8.42 Å². The molecule has 0 bridgehead atoms. The highest BCUT2D eigenvalue weighted by atomic mass is 79.9. The molecule has 2 rings (SSSR count). The summed E-state index contributed by atoms with van der Waals surface area (Å²) >= 11 is 4.62. The van der Waals surface area contributed by atoms with E-state index >= 15 is 0 Å². The van der Waals surface area contributed by atoms with Crippen molar-refractivity contribution in [1.82, 2.24) is 5.16 Å². The lowest BCUT2D eigenvalue weighted by atomic mass is 10.5. The van der Waals surface area contributed by atoms with Crippen molar-refractivity contribution >= 4 is 43.1 Å². The Morgan fingerprint density at radius 3 is 2.59 bits per heavy atom. The van der Waals surface area contributed by atoms with Gasteiger partial charge in [0.2, 0.25) is 0 Å². The summed E-state index contributed by atoms with van der Waals surface area (Å²) in [5.74, 6) is 0.732. The fraction of sp³-hybridized carbons (Fsp3) is 0.222. The molecule has 8 heteroatoms. The Bertz CT molecular complexity index is 645. The van der Waals surface area contributed by atoms with Crippen LogP contribution in [0.3, 0.4) is 0 Å². The molecule has 0 unspecified atom stereocenters. The van der Waals surface area contributed by atoms with Gasteiger partial charge in [0.05, 0.1) is 3.79 Å². The van der Waals surface area contributed by atoms with Gasteiger partial charge in [-0.2, -0.15) is 0 Å². The number of rotatable bonds is 3. The van der Waals surface area contributed by atoms with Gasteiger partial charge in [-0.3, -0.25) is 4.72 Å². The van der Waals surface area contributed by atoms with E-state index < -0.39 is 10.0 Å². The SMILES string of the molecule is Cc1cc(NS(=O)(=O)c2cc(Br)sc2C)no1. The van der Waals surface area contributed by atoms with Gasteiger partial charge in [-0.25, -0.2) is 8.42 Å². The van der Waals surface area contributed by atoms with Crippen LogP contribution < -0.4 is 4.72 Å². The third-order valence-corrected chi connectivity index (χ3v) is 5.16. The molecule has 0 saturated heterocycles. The average molecular weight is 337 g/mol. The molecule has 0 aliphatic carbocycles. The Labute approximate surface area is 111 Å². The zero-order valence-electron chi connectivity index (χ0n) is 9.02. The second kappa shape index (κ2) is 4.43. The van der Waals surface area contributed by atoms with Crippen LogP contribution in [0.4, 0.5) is 5.82 Å². The number of sulfonamides is 1. The minimum atomic E-state index is -3.60. The summed E-state index contributed by atoms with van der Waals surface area (Å²) < 4.78 is 32.0. The average Bonchev–Trinajstić information content (AvgIpc) is 2.72. The van der Waals surface area contributed by atoms with Crippen LogP contribution in [0.2, 0.25) is 0 Å². The summed E-state index contributed by atoms with van der Waals surface area (Å²) in [5, 5.41) is 3.59. The molecule has 1 N–H and O–H groups in total. The van der Waals surface area contributed by atoms with E-state index in [0.29, 0.717) is 10.6 Å². The molecule has 2 aromatic rings. The predicted octanol–water partition coefficient (Wildman–Crippen LogP) is 2.92. The number of thiophene rings is 1. The van der Waals surface area contributed by atoms with Crippen molar-refractivity contribution in [3.63, 3.8) is 0 Å². The zero-order chi connectivity index (χ0) is 12.6. The minimum absolute atomic E-state index is 0.184. The van der Waals surface area contributed by atoms with Crippen molar-refractivity contribution in [2.45, 2.75) is 18.7 Å². The van der Waals surface area contributed by atoms with Crippen molar-refractivity contribution in [3.05, 3.63) is 26.6 Å². The third-order valence-electron chi connectivity index (χ3n) is 2.00. The minimum Gasteiger partial charge on any atom is -0.360 e. The number of halogens is 1. The molecule has 0 radical (unpaired) electrons. The van der Waals surface area contributed by atoms with Crippen LogP contribution in [-0.2, 0) is 10.0 Å². The summed E-state index contributed by atoms with van der Waals surface area (Å²) in [6.07, 6.45) is 0. The molecule has 17 heavy (non-hydrogen) atoms. The summed E-state index contributed by atoms with van der Waals surface area (Å²) in [6, 6.07) is 3.09. The molecule has 2 heterocycles. The van der Waals surface area contributed by atoms with Crippen LogP contribution in [-0.4, -0.2) is 13.6 Å². The molecular weight excluding hydrogens is 328 g/mol. The number of aryl methyl sites for hydroxylation is 2. The van der Waals surface area contributed by atoms with Crippen molar-refractivity contribution in [2.24, 2.45) is 0 Å². The Hall–Kier alpha value is -0.860. The molecule has 5 nitrogen and oxygen atoms in total. The largest absolute Gasteiger partial charge is 0.360 e. The maximum Gasteiger partial charge on any atom is 0.264 e. The normalized spacial score (nSPS) is 11.7. The smallest absolute Gasteiger partial charge is 0.264 e. The fourth-order valence-corrected chi connectivity index (χ4v) is 4.70. The van der Waals surface area contributed by atoms with Gasteiger partial charge in [0, 0.05) is 10.9 Å². The van der Waals surface area contributed by atoms with E-state index in [4.69, 9.17) is 4.52 Å². The molecule has 0 fully saturated rings. The van der Waals surface area contributed by atoms with Crippen molar-refractivity contribution in [3.8, 4) is 0 Å². The van der Waals surface area contributed by atoms with E-state index in [-0.39, 0.29) is 10.7 Å². The van der Waals surface area contributed by atoms with Crippen LogP contribution in [0.1, 0.15) is 10.6 Å². The Morgan fingerprint density at radius 1 is 1.41 bits per heavy atom. The summed E-state index contributed by atoms with van der Waals surface area (Å²) in [5.41, 5.74) is 0. The van der Waals surface area contributed by atoms with E-state index in [0.717, 1.165) is 3.79 Å². The van der Waals surface area contributed by atoms with Gasteiger partial charge in [0.15, 0.2) is 5.82 Å². The van der Waals surface area contributed by atoms with Crippen molar-refractivity contribution in [2.75, 3.05) is 4.72 Å². The van der Waals surface area contributed by atoms with E-state index in [1.165, 1.54) is 17.4 Å². The van der Waals surface area contributed by atoms with Crippen LogP contribution >= 0.6 is 27.3 Å². The van der Waals surface area contributed by atoms with Crippen molar-refractivity contribution < 1.29 is 12.9 Å². The van der Waals surface area contributed by atoms with Gasteiger partial charge in [-0.15, -0.1) is 11.3 Å².